The predicted octanol–water partition coefficient (Wildman–Crippen LogP) is -2.65. The average Bonchev–Trinajstić information content (AvgIpc) is 1.35. The Labute approximate surface area is 67.5 Å². The second-order valence-corrected chi connectivity index (χ2v) is 1.43. The molecule has 3 nitrogen and oxygen atoms in total. The molecule has 0 heterocycles. The van der Waals surface area contributed by atoms with Gasteiger partial charge in [0.05, 0.1) is 6.61 Å². The predicted molar refractivity (Wildman–Crippen MR) is 24.1 cm³/mol. The maximum absolute atomic E-state index is 7.95. The summed E-state index contributed by atoms with van der Waals surface area (Å²) in [4.78, 5) is 15.9. The van der Waals surface area contributed by atoms with Gasteiger partial charge in [-0.1, -0.05) is 0 Å². The van der Waals surface area contributed by atoms with Gasteiger partial charge in [0.25, 0.3) is 0 Å². The van der Waals surface area contributed by atoms with E-state index in [0.29, 0.717) is 6.61 Å². The van der Waals surface area contributed by atoms with Crippen molar-refractivity contribution >= 4 is 8.60 Å². The Balaban J connectivity index is -0.000000125. The molecule has 0 spiro atoms. The van der Waals surface area contributed by atoms with Crippen LogP contribution in [0.1, 0.15) is 8.35 Å². The molecule has 0 aliphatic carbocycles. The molecule has 0 bridgehead atoms. The van der Waals surface area contributed by atoms with Crippen molar-refractivity contribution in [2.24, 2.45) is 0 Å². The molecule has 0 aromatic rings. The second-order valence-electron chi connectivity index (χ2n) is 0.671. The summed E-state index contributed by atoms with van der Waals surface area (Å²) in [5, 5.41) is 0. The summed E-state index contributed by atoms with van der Waals surface area (Å²) < 4.78 is 4.22. The smallest absolute Gasteiger partial charge is 1.00 e. The van der Waals surface area contributed by atoms with Gasteiger partial charge in [0.2, 0.25) is 0 Å². The first-order valence-corrected chi connectivity index (χ1v) is 2.74. The van der Waals surface area contributed by atoms with Crippen molar-refractivity contribution in [3.8, 4) is 0 Å². The molecule has 40 valence electrons. The zero-order valence-corrected chi connectivity index (χ0v) is 7.35. The molecular weight excluding hydrogens is 126 g/mol. The molecule has 0 saturated heterocycles. The van der Waals surface area contributed by atoms with Crippen LogP contribution in [0.25, 0.3) is 0 Å². The van der Waals surface area contributed by atoms with Crippen molar-refractivity contribution in [1.82, 2.24) is 0 Å². The monoisotopic (exact) mass is 134 g/mol. The molecule has 0 amide bonds. The van der Waals surface area contributed by atoms with E-state index in [-0.39, 0.29) is 31.0 Å². The van der Waals surface area contributed by atoms with Gasteiger partial charge in [-0.25, -0.2) is 0 Å². The van der Waals surface area contributed by atoms with E-state index < -0.39 is 8.60 Å². The van der Waals surface area contributed by atoms with Crippen LogP contribution in [-0.4, -0.2) is 16.4 Å². The van der Waals surface area contributed by atoms with E-state index in [1.54, 1.807) is 6.92 Å². The van der Waals surface area contributed by atoms with Gasteiger partial charge in [-0.3, -0.25) is 0 Å². The van der Waals surface area contributed by atoms with Crippen molar-refractivity contribution < 1.29 is 45.3 Å². The normalized spacial score (nSPS) is 8.57. The van der Waals surface area contributed by atoms with E-state index in [9.17, 15) is 0 Å². The Hall–Kier alpha value is 1.31. The first-order valence-electron chi connectivity index (χ1n) is 1.58. The fraction of sp³-hybridized carbons (Fsp3) is 1.00. The van der Waals surface area contributed by atoms with Crippen LogP contribution in [0.4, 0.5) is 0 Å². The van der Waals surface area contributed by atoms with Crippen LogP contribution in [0.3, 0.4) is 0 Å². The molecule has 2 N–H and O–H groups in total. The SMILES string of the molecule is CCOP(O)O.[H-].[Na+]. The Kier molecular flexibility index (Phi) is 11.6. The number of rotatable bonds is 2. The molecule has 0 fully saturated rings. The third-order valence-corrected chi connectivity index (χ3v) is 0.734. The van der Waals surface area contributed by atoms with Crippen LogP contribution >= 0.6 is 8.60 Å². The molecule has 7 heavy (non-hydrogen) atoms. The zero-order chi connectivity index (χ0) is 4.99. The third-order valence-electron chi connectivity index (χ3n) is 0.245. The number of hydrogen-bond donors (Lipinski definition) is 2. The van der Waals surface area contributed by atoms with E-state index in [0.717, 1.165) is 0 Å². The maximum atomic E-state index is 7.95. The standard InChI is InChI=1S/C2H7O3P.Na.H/c1-2-5-6(3)4;;/h3-4H,2H2,1H3;;/q;+1;-1. The van der Waals surface area contributed by atoms with Gasteiger partial charge in [0.1, 0.15) is 0 Å². The van der Waals surface area contributed by atoms with Crippen LogP contribution in [-0.2, 0) is 4.52 Å². The van der Waals surface area contributed by atoms with E-state index in [2.05, 4.69) is 4.52 Å². The minimum atomic E-state index is -2.10. The van der Waals surface area contributed by atoms with Crippen molar-refractivity contribution in [2.45, 2.75) is 6.92 Å². The van der Waals surface area contributed by atoms with Gasteiger partial charge in [-0.2, -0.15) is 0 Å². The van der Waals surface area contributed by atoms with Gasteiger partial charge >= 0.3 is 38.2 Å². The van der Waals surface area contributed by atoms with Crippen LogP contribution in [0.2, 0.25) is 0 Å². The summed E-state index contributed by atoms with van der Waals surface area (Å²) in [7, 11) is -2.10. The van der Waals surface area contributed by atoms with Crippen LogP contribution in [0.5, 0.6) is 0 Å². The van der Waals surface area contributed by atoms with Crippen molar-refractivity contribution in [3.05, 3.63) is 0 Å². The Morgan fingerprint density at radius 2 is 2.14 bits per heavy atom. The molecule has 0 aliphatic rings. The molecule has 0 saturated carbocycles. The second kappa shape index (κ2) is 7.31. The zero-order valence-electron chi connectivity index (χ0n) is 5.46. The first kappa shape index (κ1) is 11.2. The summed E-state index contributed by atoms with van der Waals surface area (Å²) in [6.07, 6.45) is 0. The molecule has 0 aromatic carbocycles. The Morgan fingerprint density at radius 3 is 2.14 bits per heavy atom. The minimum Gasteiger partial charge on any atom is -1.00 e. The van der Waals surface area contributed by atoms with E-state index in [1.807, 2.05) is 0 Å². The Bertz CT molecular complexity index is 38.5. The fourth-order valence-corrected chi connectivity index (χ4v) is 0.346. The van der Waals surface area contributed by atoms with Crippen LogP contribution in [0, 0.1) is 0 Å². The molecule has 0 atom stereocenters. The van der Waals surface area contributed by atoms with Gasteiger partial charge in [0, 0.05) is 0 Å². The molecular formula is C2H8NaO3P. The first-order chi connectivity index (χ1) is 2.77. The van der Waals surface area contributed by atoms with Gasteiger partial charge in [-0.15, -0.1) is 0 Å². The number of hydrogen-bond acceptors (Lipinski definition) is 3. The molecule has 5 heteroatoms. The fourth-order valence-electron chi connectivity index (χ4n) is 0.115. The average molecular weight is 134 g/mol. The quantitative estimate of drug-likeness (QED) is 0.320. The minimum absolute atomic E-state index is 0. The van der Waals surface area contributed by atoms with E-state index in [1.165, 1.54) is 0 Å². The Morgan fingerprint density at radius 1 is 1.71 bits per heavy atom. The summed E-state index contributed by atoms with van der Waals surface area (Å²) in [5.74, 6) is 0. The van der Waals surface area contributed by atoms with Gasteiger partial charge < -0.3 is 15.7 Å². The summed E-state index contributed by atoms with van der Waals surface area (Å²) in [6, 6.07) is 0. The van der Waals surface area contributed by atoms with Crippen molar-refractivity contribution in [3.63, 3.8) is 0 Å². The third kappa shape index (κ3) is 11.1. The molecule has 0 unspecified atom stereocenters. The maximum Gasteiger partial charge on any atom is 1.00 e. The largest absolute Gasteiger partial charge is 1.00 e. The van der Waals surface area contributed by atoms with Gasteiger partial charge in [0.15, 0.2) is 0 Å². The molecule has 0 radical (unpaired) electrons. The summed E-state index contributed by atoms with van der Waals surface area (Å²) in [5.41, 5.74) is 0. The topological polar surface area (TPSA) is 49.7 Å². The van der Waals surface area contributed by atoms with Gasteiger partial charge in [-0.05, 0) is 6.92 Å². The molecule has 0 rings (SSSR count). The summed E-state index contributed by atoms with van der Waals surface area (Å²) in [6.45, 7) is 2.06. The van der Waals surface area contributed by atoms with Crippen LogP contribution < -0.4 is 29.6 Å². The van der Waals surface area contributed by atoms with E-state index >= 15 is 0 Å². The van der Waals surface area contributed by atoms with Crippen LogP contribution in [0.15, 0.2) is 0 Å². The molecule has 0 aliphatic heterocycles. The summed E-state index contributed by atoms with van der Waals surface area (Å²) >= 11 is 0. The molecule has 0 aromatic heterocycles. The van der Waals surface area contributed by atoms with Crippen molar-refractivity contribution in [1.29, 1.82) is 0 Å². The van der Waals surface area contributed by atoms with E-state index in [4.69, 9.17) is 9.79 Å². The van der Waals surface area contributed by atoms with Crippen molar-refractivity contribution in [2.75, 3.05) is 6.61 Å².